The molecule has 0 atom stereocenters. The van der Waals surface area contributed by atoms with Gasteiger partial charge in [-0.15, -0.1) is 0 Å². The second-order valence-electron chi connectivity index (χ2n) is 4.42. The van der Waals surface area contributed by atoms with Crippen LogP contribution in [0.3, 0.4) is 0 Å². The SMILES string of the molecule is CCCc1nc(-c2cccc(OC)c2OC)c(N)n1N. The zero-order chi connectivity index (χ0) is 14.7. The summed E-state index contributed by atoms with van der Waals surface area (Å²) in [5, 5.41) is 0. The van der Waals surface area contributed by atoms with Gasteiger partial charge in [-0.05, 0) is 18.6 Å². The number of aromatic nitrogens is 2. The number of hydrogen-bond donors (Lipinski definition) is 2. The molecule has 0 saturated heterocycles. The second-order valence-corrected chi connectivity index (χ2v) is 4.42. The number of aryl methyl sites for hydroxylation is 1. The third-order valence-corrected chi connectivity index (χ3v) is 3.15. The summed E-state index contributed by atoms with van der Waals surface area (Å²) in [4.78, 5) is 4.53. The molecule has 20 heavy (non-hydrogen) atoms. The molecular weight excluding hydrogens is 256 g/mol. The molecule has 0 fully saturated rings. The summed E-state index contributed by atoms with van der Waals surface area (Å²) in [6, 6.07) is 5.58. The van der Waals surface area contributed by atoms with Gasteiger partial charge in [-0.3, -0.25) is 0 Å². The van der Waals surface area contributed by atoms with Gasteiger partial charge in [0.25, 0.3) is 0 Å². The minimum absolute atomic E-state index is 0.417. The average molecular weight is 276 g/mol. The quantitative estimate of drug-likeness (QED) is 0.813. The van der Waals surface area contributed by atoms with Crippen LogP contribution in [0, 0.1) is 0 Å². The van der Waals surface area contributed by atoms with Crippen molar-refractivity contribution in [3.63, 3.8) is 0 Å². The molecule has 108 valence electrons. The predicted molar refractivity (Wildman–Crippen MR) is 79.3 cm³/mol. The van der Waals surface area contributed by atoms with Gasteiger partial charge in [-0.25, -0.2) is 9.66 Å². The van der Waals surface area contributed by atoms with Crippen LogP contribution in [0.15, 0.2) is 18.2 Å². The minimum atomic E-state index is 0.417. The highest BCUT2D eigenvalue weighted by Gasteiger charge is 2.19. The van der Waals surface area contributed by atoms with Crippen molar-refractivity contribution in [1.29, 1.82) is 0 Å². The predicted octanol–water partition coefficient (Wildman–Crippen LogP) is 1.82. The number of ether oxygens (including phenoxy) is 2. The van der Waals surface area contributed by atoms with Crippen LogP contribution in [0.25, 0.3) is 11.3 Å². The fourth-order valence-corrected chi connectivity index (χ4v) is 2.17. The van der Waals surface area contributed by atoms with Crippen LogP contribution in [-0.4, -0.2) is 23.9 Å². The Kier molecular flexibility index (Phi) is 4.02. The lowest BCUT2D eigenvalue weighted by atomic mass is 10.1. The lowest BCUT2D eigenvalue weighted by molar-refractivity contribution is 0.356. The molecular formula is C14H20N4O2. The molecule has 1 aromatic heterocycles. The van der Waals surface area contributed by atoms with Gasteiger partial charge in [0.2, 0.25) is 0 Å². The van der Waals surface area contributed by atoms with Crippen molar-refractivity contribution in [3.05, 3.63) is 24.0 Å². The Bertz CT molecular complexity index is 607. The zero-order valence-electron chi connectivity index (χ0n) is 12.0. The normalized spacial score (nSPS) is 10.6. The number of para-hydroxylation sites is 1. The summed E-state index contributed by atoms with van der Waals surface area (Å²) in [6.07, 6.45) is 1.72. The highest BCUT2D eigenvalue weighted by Crippen LogP contribution is 2.39. The first-order chi connectivity index (χ1) is 9.63. The van der Waals surface area contributed by atoms with E-state index >= 15 is 0 Å². The van der Waals surface area contributed by atoms with Gasteiger partial charge in [0.1, 0.15) is 11.5 Å². The molecule has 0 saturated carbocycles. The van der Waals surface area contributed by atoms with Crippen LogP contribution in [0.1, 0.15) is 19.2 Å². The molecule has 0 amide bonds. The monoisotopic (exact) mass is 276 g/mol. The Morgan fingerprint density at radius 3 is 2.60 bits per heavy atom. The highest BCUT2D eigenvalue weighted by molar-refractivity contribution is 5.78. The van der Waals surface area contributed by atoms with Crippen molar-refractivity contribution >= 4 is 5.82 Å². The molecule has 2 aromatic rings. The van der Waals surface area contributed by atoms with Gasteiger partial charge < -0.3 is 21.1 Å². The van der Waals surface area contributed by atoms with E-state index in [1.165, 1.54) is 4.68 Å². The molecule has 1 heterocycles. The summed E-state index contributed by atoms with van der Waals surface area (Å²) in [7, 11) is 3.18. The fourth-order valence-electron chi connectivity index (χ4n) is 2.17. The van der Waals surface area contributed by atoms with E-state index < -0.39 is 0 Å². The molecule has 6 nitrogen and oxygen atoms in total. The number of methoxy groups -OCH3 is 2. The number of rotatable bonds is 5. The summed E-state index contributed by atoms with van der Waals surface area (Å²) >= 11 is 0. The van der Waals surface area contributed by atoms with Crippen LogP contribution in [0.2, 0.25) is 0 Å². The molecule has 0 aliphatic carbocycles. The zero-order valence-corrected chi connectivity index (χ0v) is 12.0. The van der Waals surface area contributed by atoms with Gasteiger partial charge in [0, 0.05) is 12.0 Å². The van der Waals surface area contributed by atoms with E-state index in [9.17, 15) is 0 Å². The Balaban J connectivity index is 2.59. The maximum Gasteiger partial charge on any atom is 0.170 e. The number of anilines is 1. The molecule has 0 bridgehead atoms. The number of nitrogen functional groups attached to an aromatic ring is 2. The number of nitrogens with zero attached hydrogens (tertiary/aromatic N) is 2. The number of benzene rings is 1. The van der Waals surface area contributed by atoms with E-state index in [0.717, 1.165) is 24.2 Å². The smallest absolute Gasteiger partial charge is 0.170 e. The lowest BCUT2D eigenvalue weighted by Gasteiger charge is -2.11. The Hall–Kier alpha value is -2.37. The van der Waals surface area contributed by atoms with Crippen LogP contribution in [0.5, 0.6) is 11.5 Å². The summed E-state index contributed by atoms with van der Waals surface area (Å²) < 4.78 is 12.1. The van der Waals surface area contributed by atoms with E-state index in [4.69, 9.17) is 21.1 Å². The summed E-state index contributed by atoms with van der Waals surface area (Å²) in [5.74, 6) is 8.35. The van der Waals surface area contributed by atoms with E-state index in [1.807, 2.05) is 18.2 Å². The minimum Gasteiger partial charge on any atom is -0.493 e. The van der Waals surface area contributed by atoms with Crippen molar-refractivity contribution < 1.29 is 9.47 Å². The van der Waals surface area contributed by atoms with Gasteiger partial charge in [-0.2, -0.15) is 0 Å². The van der Waals surface area contributed by atoms with Crippen molar-refractivity contribution in [2.45, 2.75) is 19.8 Å². The largest absolute Gasteiger partial charge is 0.493 e. The van der Waals surface area contributed by atoms with Gasteiger partial charge in [0.15, 0.2) is 17.3 Å². The molecule has 0 spiro atoms. The topological polar surface area (TPSA) is 88.3 Å². The maximum atomic E-state index is 6.06. The molecule has 6 heteroatoms. The molecule has 0 unspecified atom stereocenters. The standard InChI is InChI=1S/C14H20N4O2/c1-4-6-11-17-12(14(15)18(11)16)9-7-5-8-10(19-2)13(9)20-3/h5,7-8H,4,6,15-16H2,1-3H3. The van der Waals surface area contributed by atoms with Crippen molar-refractivity contribution in [2.75, 3.05) is 25.8 Å². The highest BCUT2D eigenvalue weighted by atomic mass is 16.5. The number of nitrogens with two attached hydrogens (primary N) is 2. The molecule has 0 aliphatic rings. The van der Waals surface area contributed by atoms with Crippen LogP contribution < -0.4 is 21.1 Å². The fraction of sp³-hybridized carbons (Fsp3) is 0.357. The van der Waals surface area contributed by atoms with E-state index in [1.54, 1.807) is 14.2 Å². The Morgan fingerprint density at radius 2 is 2.00 bits per heavy atom. The molecule has 4 N–H and O–H groups in total. The first kappa shape index (κ1) is 14.0. The third kappa shape index (κ3) is 2.24. The molecule has 0 aliphatic heterocycles. The van der Waals surface area contributed by atoms with Crippen molar-refractivity contribution in [2.24, 2.45) is 0 Å². The first-order valence-electron chi connectivity index (χ1n) is 6.47. The van der Waals surface area contributed by atoms with Gasteiger partial charge in [0.05, 0.1) is 14.2 Å². The van der Waals surface area contributed by atoms with Crippen LogP contribution in [-0.2, 0) is 6.42 Å². The number of imidazole rings is 1. The van der Waals surface area contributed by atoms with Crippen molar-refractivity contribution in [3.8, 4) is 22.8 Å². The van der Waals surface area contributed by atoms with Gasteiger partial charge >= 0.3 is 0 Å². The van der Waals surface area contributed by atoms with Crippen LogP contribution in [0.4, 0.5) is 5.82 Å². The third-order valence-electron chi connectivity index (χ3n) is 3.15. The van der Waals surface area contributed by atoms with E-state index in [0.29, 0.717) is 23.0 Å². The molecule has 1 aromatic carbocycles. The average Bonchev–Trinajstić information content (AvgIpc) is 2.75. The van der Waals surface area contributed by atoms with Crippen LogP contribution >= 0.6 is 0 Å². The molecule has 2 rings (SSSR count). The van der Waals surface area contributed by atoms with E-state index in [2.05, 4.69) is 11.9 Å². The lowest BCUT2D eigenvalue weighted by Crippen LogP contribution is -2.15. The summed E-state index contributed by atoms with van der Waals surface area (Å²) in [6.45, 7) is 2.07. The van der Waals surface area contributed by atoms with Crippen molar-refractivity contribution in [1.82, 2.24) is 9.66 Å². The Morgan fingerprint density at radius 1 is 1.25 bits per heavy atom. The summed E-state index contributed by atoms with van der Waals surface area (Å²) in [5.41, 5.74) is 7.45. The van der Waals surface area contributed by atoms with E-state index in [-0.39, 0.29) is 0 Å². The maximum absolute atomic E-state index is 6.06. The second kappa shape index (κ2) is 5.73. The van der Waals surface area contributed by atoms with Gasteiger partial charge in [-0.1, -0.05) is 13.0 Å². The number of hydrogen-bond acceptors (Lipinski definition) is 5. The first-order valence-corrected chi connectivity index (χ1v) is 6.47. The molecule has 0 radical (unpaired) electrons. The Labute approximate surface area is 118 Å².